The molecule has 0 unspecified atom stereocenters. The average molecular weight is 418 g/mol. The Balaban J connectivity index is 2.09. The first-order valence-corrected chi connectivity index (χ1v) is 9.30. The molecule has 0 aromatic carbocycles. The van der Waals surface area contributed by atoms with Gasteiger partial charge in [0.1, 0.15) is 5.82 Å². The second-order valence-corrected chi connectivity index (χ2v) is 8.18. The third-order valence-corrected chi connectivity index (χ3v) is 5.38. The van der Waals surface area contributed by atoms with Crippen LogP contribution in [-0.2, 0) is 31.0 Å². The minimum Gasteiger partial charge on any atom is -0.370 e. The molecule has 0 bridgehead atoms. The van der Waals surface area contributed by atoms with Crippen molar-refractivity contribution >= 4 is 45.4 Å². The Morgan fingerprint density at radius 3 is 2.83 bits per heavy atom. The fourth-order valence-electron chi connectivity index (χ4n) is 2.30. The van der Waals surface area contributed by atoms with E-state index in [0.717, 1.165) is 22.7 Å². The number of thiophene rings is 1. The first-order chi connectivity index (χ1) is 10.9. The summed E-state index contributed by atoms with van der Waals surface area (Å²) in [5.41, 5.74) is 5.23. The summed E-state index contributed by atoms with van der Waals surface area (Å²) in [6.45, 7) is 4.18. The molecule has 2 heterocycles. The van der Waals surface area contributed by atoms with Crippen LogP contribution in [-0.4, -0.2) is 32.2 Å². The number of hydrogen-bond acceptors (Lipinski definition) is 5. The van der Waals surface area contributed by atoms with Gasteiger partial charge < -0.3 is 10.3 Å². The molecule has 126 valence electrons. The van der Waals surface area contributed by atoms with Crippen LogP contribution in [0.15, 0.2) is 15.9 Å². The largest absolute Gasteiger partial charge is 0.370 e. The van der Waals surface area contributed by atoms with Crippen LogP contribution in [0.3, 0.4) is 0 Å². The number of carbonyl (C=O) groups is 1. The molecule has 2 aromatic rings. The first-order valence-electron chi connectivity index (χ1n) is 7.28. The van der Waals surface area contributed by atoms with Gasteiger partial charge in [-0.25, -0.2) is 4.68 Å². The summed E-state index contributed by atoms with van der Waals surface area (Å²) in [4.78, 5) is 14.4. The Kier molecular flexibility index (Phi) is 6.51. The van der Waals surface area contributed by atoms with Crippen LogP contribution in [0, 0.1) is 4.77 Å². The lowest BCUT2D eigenvalue weighted by atomic mass is 10.3. The third-order valence-electron chi connectivity index (χ3n) is 3.34. The van der Waals surface area contributed by atoms with Crippen LogP contribution in [0.25, 0.3) is 0 Å². The maximum Gasteiger partial charge on any atom is 0.217 e. The van der Waals surface area contributed by atoms with Gasteiger partial charge in [-0.1, -0.05) is 0 Å². The minimum absolute atomic E-state index is 0.283. The number of carbonyl (C=O) groups excluding carboxylic acids is 1. The maximum atomic E-state index is 11.0. The zero-order chi connectivity index (χ0) is 17.0. The van der Waals surface area contributed by atoms with E-state index in [1.807, 2.05) is 24.6 Å². The monoisotopic (exact) mass is 417 g/mol. The van der Waals surface area contributed by atoms with E-state index in [2.05, 4.69) is 32.0 Å². The van der Waals surface area contributed by atoms with Gasteiger partial charge in [-0.3, -0.25) is 9.69 Å². The van der Waals surface area contributed by atoms with E-state index in [0.29, 0.717) is 17.9 Å². The molecule has 6 nitrogen and oxygen atoms in total. The van der Waals surface area contributed by atoms with E-state index in [1.165, 1.54) is 4.88 Å². The molecule has 2 aromatic heterocycles. The van der Waals surface area contributed by atoms with Crippen LogP contribution in [0.5, 0.6) is 0 Å². The van der Waals surface area contributed by atoms with Crippen molar-refractivity contribution in [1.82, 2.24) is 19.2 Å². The van der Waals surface area contributed by atoms with Crippen LogP contribution < -0.4 is 5.73 Å². The van der Waals surface area contributed by atoms with E-state index >= 15 is 0 Å². The molecule has 0 spiro atoms. The van der Waals surface area contributed by atoms with E-state index in [4.69, 9.17) is 18.0 Å². The molecule has 0 saturated heterocycles. The highest BCUT2D eigenvalue weighted by molar-refractivity contribution is 9.11. The third kappa shape index (κ3) is 4.97. The van der Waals surface area contributed by atoms with E-state index in [9.17, 15) is 4.79 Å². The molecular formula is C14H20BrN5OS2. The molecule has 2 N–H and O–H groups in total. The van der Waals surface area contributed by atoms with Crippen molar-refractivity contribution in [2.45, 2.75) is 39.5 Å². The van der Waals surface area contributed by atoms with Crippen molar-refractivity contribution in [2.75, 3.05) is 7.05 Å². The number of hydrogen-bond donors (Lipinski definition) is 1. The summed E-state index contributed by atoms with van der Waals surface area (Å²) in [6.07, 6.45) is 0.798. The zero-order valence-corrected chi connectivity index (χ0v) is 16.4. The lowest BCUT2D eigenvalue weighted by Gasteiger charge is -2.15. The topological polar surface area (TPSA) is 69.1 Å². The number of amides is 1. The summed E-state index contributed by atoms with van der Waals surface area (Å²) in [7, 11) is 2.03. The minimum atomic E-state index is -0.325. The fraction of sp³-hybridized carbons (Fsp3) is 0.500. The van der Waals surface area contributed by atoms with Gasteiger partial charge in [0, 0.05) is 30.8 Å². The highest BCUT2D eigenvalue weighted by Gasteiger charge is 2.12. The predicted molar refractivity (Wildman–Crippen MR) is 97.7 cm³/mol. The normalized spacial score (nSPS) is 11.3. The van der Waals surface area contributed by atoms with Crippen LogP contribution in [0.2, 0.25) is 0 Å². The second-order valence-electron chi connectivity index (χ2n) is 5.27. The molecule has 1 amide bonds. The number of halogens is 1. The zero-order valence-electron chi connectivity index (χ0n) is 13.2. The van der Waals surface area contributed by atoms with Crippen molar-refractivity contribution in [1.29, 1.82) is 0 Å². The molecule has 0 fully saturated rings. The van der Waals surface area contributed by atoms with Gasteiger partial charge in [-0.15, -0.1) is 11.3 Å². The van der Waals surface area contributed by atoms with Crippen molar-refractivity contribution in [2.24, 2.45) is 5.73 Å². The lowest BCUT2D eigenvalue weighted by molar-refractivity contribution is -0.118. The molecule has 0 saturated carbocycles. The molecule has 0 aliphatic carbocycles. The highest BCUT2D eigenvalue weighted by Crippen LogP contribution is 2.23. The number of nitrogens with zero attached hydrogens (tertiary/aromatic N) is 4. The Bertz CT molecular complexity index is 736. The maximum absolute atomic E-state index is 11.0. The van der Waals surface area contributed by atoms with E-state index in [-0.39, 0.29) is 12.3 Å². The first kappa shape index (κ1) is 18.3. The number of nitrogens with two attached hydrogens (primary N) is 1. The quantitative estimate of drug-likeness (QED) is 0.670. The van der Waals surface area contributed by atoms with Crippen LogP contribution in [0.4, 0.5) is 0 Å². The molecule has 2 rings (SSSR count). The Hall–Kier alpha value is -1.03. The number of primary amides is 1. The highest BCUT2D eigenvalue weighted by atomic mass is 79.9. The summed E-state index contributed by atoms with van der Waals surface area (Å²) >= 11 is 10.7. The standard InChI is InChI=1S/C14H20BrN5OS2/c1-3-19-13(7-6-12(16)21)17-20(14(19)22)9-18(2)8-10-4-5-11(15)23-10/h4-5H,3,6-9H2,1-2H3,(H2,16,21). The van der Waals surface area contributed by atoms with Crippen molar-refractivity contribution < 1.29 is 4.79 Å². The van der Waals surface area contributed by atoms with Crippen LogP contribution >= 0.6 is 39.5 Å². The van der Waals surface area contributed by atoms with Gasteiger partial charge in [0.15, 0.2) is 4.77 Å². The van der Waals surface area contributed by atoms with Gasteiger partial charge in [0.05, 0.1) is 10.5 Å². The van der Waals surface area contributed by atoms with E-state index < -0.39 is 0 Å². The van der Waals surface area contributed by atoms with Gasteiger partial charge in [0.25, 0.3) is 0 Å². The smallest absolute Gasteiger partial charge is 0.217 e. The Labute approximate surface area is 153 Å². The fourth-order valence-corrected chi connectivity index (χ4v) is 4.19. The second kappa shape index (κ2) is 8.18. The number of aromatic nitrogens is 3. The summed E-state index contributed by atoms with van der Waals surface area (Å²) in [6, 6.07) is 4.15. The SMILES string of the molecule is CCn1c(CCC(N)=O)nn(CN(C)Cc2ccc(Br)s2)c1=S. The average Bonchev–Trinajstić information content (AvgIpc) is 3.01. The van der Waals surface area contributed by atoms with E-state index in [1.54, 1.807) is 16.0 Å². The molecule has 0 aliphatic rings. The molecule has 0 aliphatic heterocycles. The summed E-state index contributed by atoms with van der Waals surface area (Å²) < 4.78 is 5.55. The molecule has 9 heteroatoms. The molecule has 23 heavy (non-hydrogen) atoms. The van der Waals surface area contributed by atoms with Gasteiger partial charge in [0.2, 0.25) is 5.91 Å². The van der Waals surface area contributed by atoms with Gasteiger partial charge >= 0.3 is 0 Å². The molecular weight excluding hydrogens is 398 g/mol. The lowest BCUT2D eigenvalue weighted by Crippen LogP contribution is -2.22. The molecule has 0 atom stereocenters. The Morgan fingerprint density at radius 2 is 2.26 bits per heavy atom. The Morgan fingerprint density at radius 1 is 1.52 bits per heavy atom. The van der Waals surface area contributed by atoms with Crippen LogP contribution in [0.1, 0.15) is 24.0 Å². The van der Waals surface area contributed by atoms with Crippen molar-refractivity contribution in [3.05, 3.63) is 31.4 Å². The number of rotatable bonds is 8. The van der Waals surface area contributed by atoms with Gasteiger partial charge in [-0.05, 0) is 54.3 Å². The molecule has 0 radical (unpaired) electrons. The van der Waals surface area contributed by atoms with Crippen molar-refractivity contribution in [3.8, 4) is 0 Å². The summed E-state index contributed by atoms with van der Waals surface area (Å²) in [5, 5.41) is 4.56. The van der Waals surface area contributed by atoms with Crippen molar-refractivity contribution in [3.63, 3.8) is 0 Å². The predicted octanol–water partition coefficient (Wildman–Crippen LogP) is 2.77. The number of aryl methyl sites for hydroxylation is 1. The van der Waals surface area contributed by atoms with Gasteiger partial charge in [-0.2, -0.15) is 5.10 Å². The summed E-state index contributed by atoms with van der Waals surface area (Å²) in [5.74, 6) is 0.483.